The number of hydrogen-bond donors (Lipinski definition) is 1. The van der Waals surface area contributed by atoms with Crippen LogP contribution in [0.15, 0.2) is 57.2 Å². The highest BCUT2D eigenvalue weighted by molar-refractivity contribution is 5.85. The summed E-state index contributed by atoms with van der Waals surface area (Å²) in [4.78, 5) is 27.4. The highest BCUT2D eigenvalue weighted by atomic mass is 16.5. The number of ether oxygens (including phenoxy) is 2. The Labute approximate surface area is 149 Å². The molecule has 0 fully saturated rings. The summed E-state index contributed by atoms with van der Waals surface area (Å²) in [5, 5.41) is 4.45. The molecule has 0 radical (unpaired) electrons. The van der Waals surface area contributed by atoms with Gasteiger partial charge in [-0.2, -0.15) is 5.10 Å². The van der Waals surface area contributed by atoms with Crippen LogP contribution in [-0.4, -0.2) is 29.1 Å². The number of para-hydroxylation sites is 2. The van der Waals surface area contributed by atoms with Gasteiger partial charge in [0.15, 0.2) is 11.5 Å². The van der Waals surface area contributed by atoms with Crippen molar-refractivity contribution in [3.05, 3.63) is 68.9 Å². The zero-order valence-electron chi connectivity index (χ0n) is 14.7. The predicted molar refractivity (Wildman–Crippen MR) is 101 cm³/mol. The molecule has 0 unspecified atom stereocenters. The fourth-order valence-corrected chi connectivity index (χ4v) is 2.53. The molecule has 0 aliphatic rings. The van der Waals surface area contributed by atoms with Crippen LogP contribution in [0.4, 0.5) is 0 Å². The predicted octanol–water partition coefficient (Wildman–Crippen LogP) is 2.37. The van der Waals surface area contributed by atoms with Crippen LogP contribution < -0.4 is 20.7 Å². The van der Waals surface area contributed by atoms with Gasteiger partial charge >= 0.3 is 5.69 Å². The molecular weight excluding hydrogens is 334 g/mol. The van der Waals surface area contributed by atoms with Crippen molar-refractivity contribution in [2.45, 2.75) is 20.0 Å². The maximum atomic E-state index is 12.5. The molecule has 3 aromatic rings. The molecule has 0 saturated carbocycles. The number of fused-ring (bicyclic) bond motifs is 1. The van der Waals surface area contributed by atoms with E-state index in [1.54, 1.807) is 49.6 Å². The Balaban J connectivity index is 2.10. The molecule has 2 aromatic carbocycles. The first-order chi connectivity index (χ1) is 12.5. The fraction of sp³-hybridized carbons (Fsp3) is 0.211. The minimum atomic E-state index is -0.612. The summed E-state index contributed by atoms with van der Waals surface area (Å²) in [5.74, 6) is 1.04. The van der Waals surface area contributed by atoms with E-state index in [1.165, 1.54) is 6.21 Å². The average Bonchev–Trinajstić information content (AvgIpc) is 2.62. The summed E-state index contributed by atoms with van der Waals surface area (Å²) >= 11 is 0. The largest absolute Gasteiger partial charge is 0.493 e. The smallest absolute Gasteiger partial charge is 0.349 e. The van der Waals surface area contributed by atoms with E-state index in [9.17, 15) is 9.59 Å². The molecule has 3 rings (SSSR count). The van der Waals surface area contributed by atoms with Crippen LogP contribution in [0, 0.1) is 0 Å². The Morgan fingerprint density at radius 3 is 2.62 bits per heavy atom. The van der Waals surface area contributed by atoms with Crippen molar-refractivity contribution < 1.29 is 9.47 Å². The van der Waals surface area contributed by atoms with Crippen LogP contribution in [0.2, 0.25) is 0 Å². The Hall–Kier alpha value is -3.35. The van der Waals surface area contributed by atoms with Gasteiger partial charge in [-0.1, -0.05) is 18.2 Å². The normalized spacial score (nSPS) is 11.4. The summed E-state index contributed by atoms with van der Waals surface area (Å²) in [6.45, 7) is 3.79. The SMILES string of the molecule is COc1cccc(C=Nn2c(=O)[nH]c3ccccc3c2=O)c1OC(C)C. The van der Waals surface area contributed by atoms with Crippen LogP contribution in [0.3, 0.4) is 0 Å². The van der Waals surface area contributed by atoms with E-state index < -0.39 is 11.2 Å². The lowest BCUT2D eigenvalue weighted by Gasteiger charge is -2.15. The average molecular weight is 353 g/mol. The molecule has 0 saturated heterocycles. The molecule has 7 nitrogen and oxygen atoms in total. The van der Waals surface area contributed by atoms with E-state index in [2.05, 4.69) is 10.1 Å². The van der Waals surface area contributed by atoms with Gasteiger partial charge in [-0.3, -0.25) is 4.79 Å². The van der Waals surface area contributed by atoms with Gasteiger partial charge in [-0.05, 0) is 38.1 Å². The summed E-state index contributed by atoms with van der Waals surface area (Å²) in [6, 6.07) is 12.1. The number of rotatable bonds is 5. The standard InChI is InChI=1S/C19H19N3O4/c1-12(2)26-17-13(7-6-10-16(17)25-3)11-20-22-18(23)14-8-4-5-9-15(14)21-19(22)24/h4-12H,1-3H3,(H,21,24). The molecule has 1 heterocycles. The Morgan fingerprint density at radius 1 is 1.12 bits per heavy atom. The maximum absolute atomic E-state index is 12.5. The van der Waals surface area contributed by atoms with Gasteiger partial charge in [0.1, 0.15) is 0 Å². The van der Waals surface area contributed by atoms with E-state index in [0.29, 0.717) is 28.0 Å². The molecule has 1 aromatic heterocycles. The third kappa shape index (κ3) is 3.37. The van der Waals surface area contributed by atoms with Crippen molar-refractivity contribution in [1.29, 1.82) is 0 Å². The third-order valence-corrected chi connectivity index (χ3v) is 3.68. The quantitative estimate of drug-likeness (QED) is 0.714. The highest BCUT2D eigenvalue weighted by Crippen LogP contribution is 2.30. The van der Waals surface area contributed by atoms with Crippen LogP contribution in [-0.2, 0) is 0 Å². The third-order valence-electron chi connectivity index (χ3n) is 3.68. The number of aromatic amines is 1. The van der Waals surface area contributed by atoms with E-state index in [0.717, 1.165) is 4.68 Å². The number of benzene rings is 2. The first-order valence-electron chi connectivity index (χ1n) is 8.13. The molecular formula is C19H19N3O4. The number of H-pyrrole nitrogens is 1. The van der Waals surface area contributed by atoms with E-state index in [-0.39, 0.29) is 6.10 Å². The van der Waals surface area contributed by atoms with Crippen molar-refractivity contribution in [3.8, 4) is 11.5 Å². The Morgan fingerprint density at radius 2 is 1.88 bits per heavy atom. The molecule has 0 atom stereocenters. The lowest BCUT2D eigenvalue weighted by Crippen LogP contribution is -2.32. The lowest BCUT2D eigenvalue weighted by atomic mass is 10.2. The van der Waals surface area contributed by atoms with E-state index >= 15 is 0 Å². The summed E-state index contributed by atoms with van der Waals surface area (Å²) in [7, 11) is 1.54. The molecule has 26 heavy (non-hydrogen) atoms. The summed E-state index contributed by atoms with van der Waals surface area (Å²) in [6.07, 6.45) is 1.33. The molecule has 0 spiro atoms. The van der Waals surface area contributed by atoms with Crippen molar-refractivity contribution >= 4 is 17.1 Å². The molecule has 0 amide bonds. The van der Waals surface area contributed by atoms with Crippen molar-refractivity contribution in [2.24, 2.45) is 5.10 Å². The van der Waals surface area contributed by atoms with Gasteiger partial charge < -0.3 is 14.5 Å². The van der Waals surface area contributed by atoms with Gasteiger partial charge in [-0.25, -0.2) is 4.79 Å². The maximum Gasteiger partial charge on any atom is 0.349 e. The van der Waals surface area contributed by atoms with Crippen LogP contribution in [0.1, 0.15) is 19.4 Å². The highest BCUT2D eigenvalue weighted by Gasteiger charge is 2.12. The first-order valence-corrected chi connectivity index (χ1v) is 8.13. The minimum Gasteiger partial charge on any atom is -0.493 e. The summed E-state index contributed by atoms with van der Waals surface area (Å²) in [5.41, 5.74) is -0.0364. The summed E-state index contributed by atoms with van der Waals surface area (Å²) < 4.78 is 11.9. The van der Waals surface area contributed by atoms with Gasteiger partial charge in [0.25, 0.3) is 5.56 Å². The topological polar surface area (TPSA) is 85.7 Å². The van der Waals surface area contributed by atoms with Crippen LogP contribution >= 0.6 is 0 Å². The monoisotopic (exact) mass is 353 g/mol. The number of methoxy groups -OCH3 is 1. The second kappa shape index (κ2) is 7.26. The number of hydrogen-bond acceptors (Lipinski definition) is 5. The van der Waals surface area contributed by atoms with Gasteiger partial charge in [0.05, 0.1) is 30.3 Å². The van der Waals surface area contributed by atoms with Gasteiger partial charge in [0, 0.05) is 5.56 Å². The van der Waals surface area contributed by atoms with Crippen LogP contribution in [0.25, 0.3) is 10.9 Å². The zero-order chi connectivity index (χ0) is 18.7. The second-order valence-corrected chi connectivity index (χ2v) is 5.88. The molecule has 0 aliphatic carbocycles. The van der Waals surface area contributed by atoms with Gasteiger partial charge in [-0.15, -0.1) is 4.68 Å². The zero-order valence-corrected chi connectivity index (χ0v) is 14.7. The van der Waals surface area contributed by atoms with Crippen molar-refractivity contribution in [3.63, 3.8) is 0 Å². The number of nitrogens with one attached hydrogen (secondary N) is 1. The van der Waals surface area contributed by atoms with E-state index in [4.69, 9.17) is 9.47 Å². The van der Waals surface area contributed by atoms with Crippen LogP contribution in [0.5, 0.6) is 11.5 Å². The van der Waals surface area contributed by atoms with Gasteiger partial charge in [0.2, 0.25) is 0 Å². The molecule has 0 aliphatic heterocycles. The molecule has 7 heteroatoms. The molecule has 134 valence electrons. The van der Waals surface area contributed by atoms with E-state index in [1.807, 2.05) is 13.8 Å². The van der Waals surface area contributed by atoms with Crippen molar-refractivity contribution in [2.75, 3.05) is 7.11 Å². The van der Waals surface area contributed by atoms with Crippen molar-refractivity contribution in [1.82, 2.24) is 9.66 Å². The second-order valence-electron chi connectivity index (χ2n) is 5.88. The number of aromatic nitrogens is 2. The Kier molecular flexibility index (Phi) is 4.88. The first kappa shape index (κ1) is 17.5. The Bertz CT molecular complexity index is 1080. The molecule has 1 N–H and O–H groups in total. The number of nitrogens with zero attached hydrogens (tertiary/aromatic N) is 2. The molecule has 0 bridgehead atoms. The fourth-order valence-electron chi connectivity index (χ4n) is 2.53. The lowest BCUT2D eigenvalue weighted by molar-refractivity contribution is 0.230. The minimum absolute atomic E-state index is 0.0785.